The van der Waals surface area contributed by atoms with Crippen LogP contribution in [0.3, 0.4) is 0 Å². The van der Waals surface area contributed by atoms with E-state index in [1.165, 1.54) is 10.5 Å². The summed E-state index contributed by atoms with van der Waals surface area (Å²) in [6, 6.07) is 13.6. The molecule has 3 aromatic rings. The van der Waals surface area contributed by atoms with Crippen LogP contribution in [0.5, 0.6) is 5.75 Å². The Labute approximate surface area is 167 Å². The van der Waals surface area contributed by atoms with Crippen LogP contribution in [0.25, 0.3) is 5.65 Å². The Morgan fingerprint density at radius 1 is 1.24 bits per heavy atom. The van der Waals surface area contributed by atoms with Gasteiger partial charge in [0.2, 0.25) is 0 Å². The summed E-state index contributed by atoms with van der Waals surface area (Å²) in [5.41, 5.74) is 1.93. The largest absolute Gasteiger partial charge is 0.491 e. The lowest BCUT2D eigenvalue weighted by Gasteiger charge is -2.11. The smallest absolute Gasteiger partial charge is 0.338 e. The van der Waals surface area contributed by atoms with E-state index in [0.29, 0.717) is 29.3 Å². The molecule has 7 heteroatoms. The number of hydrogen-bond acceptors (Lipinski definition) is 6. The van der Waals surface area contributed by atoms with Gasteiger partial charge in [0.15, 0.2) is 0 Å². The number of pyridine rings is 1. The van der Waals surface area contributed by atoms with E-state index >= 15 is 0 Å². The number of aromatic nitrogens is 2. The Kier molecular flexibility index (Phi) is 5.57. The van der Waals surface area contributed by atoms with E-state index in [1.807, 2.05) is 19.1 Å². The average molecular weight is 394 g/mol. The van der Waals surface area contributed by atoms with Gasteiger partial charge in [-0.3, -0.25) is 9.20 Å². The van der Waals surface area contributed by atoms with Gasteiger partial charge < -0.3 is 14.2 Å². The summed E-state index contributed by atoms with van der Waals surface area (Å²) in [4.78, 5) is 29.0. The van der Waals surface area contributed by atoms with Gasteiger partial charge >= 0.3 is 5.97 Å². The molecule has 1 atom stereocenters. The molecule has 1 aliphatic heterocycles. The van der Waals surface area contributed by atoms with Crippen molar-refractivity contribution in [2.45, 2.75) is 32.5 Å². The number of rotatable bonds is 6. The third-order valence-corrected chi connectivity index (χ3v) is 4.83. The molecule has 7 nitrogen and oxygen atoms in total. The number of hydrogen-bond donors (Lipinski definition) is 0. The van der Waals surface area contributed by atoms with Crippen LogP contribution < -0.4 is 10.3 Å². The first-order valence-corrected chi connectivity index (χ1v) is 9.60. The van der Waals surface area contributed by atoms with Crippen molar-refractivity contribution >= 4 is 11.6 Å². The van der Waals surface area contributed by atoms with E-state index in [2.05, 4.69) is 4.98 Å². The lowest BCUT2D eigenvalue weighted by atomic mass is 10.2. The Morgan fingerprint density at radius 2 is 2.07 bits per heavy atom. The molecule has 0 spiro atoms. The van der Waals surface area contributed by atoms with Crippen LogP contribution in [-0.2, 0) is 16.1 Å². The maximum Gasteiger partial charge on any atom is 0.338 e. The van der Waals surface area contributed by atoms with Gasteiger partial charge in [0, 0.05) is 18.4 Å². The molecule has 0 aliphatic carbocycles. The number of esters is 1. The van der Waals surface area contributed by atoms with E-state index in [9.17, 15) is 9.59 Å². The standard InChI is InChI=1S/C22H22N2O5/c1-15-4-2-6-20-23-17(12-21(25)24(15)20)13-29-22(26)16-7-9-18(10-8-16)28-14-19-5-3-11-27-19/h2,4,6-10,12,19H,3,5,11,13-14H2,1H3/t19-/m1/s1. The zero-order valence-electron chi connectivity index (χ0n) is 16.2. The molecule has 1 aromatic carbocycles. The van der Waals surface area contributed by atoms with Gasteiger partial charge in [-0.25, -0.2) is 9.78 Å². The molecule has 29 heavy (non-hydrogen) atoms. The molecule has 2 aromatic heterocycles. The van der Waals surface area contributed by atoms with E-state index in [-0.39, 0.29) is 18.3 Å². The molecule has 1 saturated heterocycles. The van der Waals surface area contributed by atoms with Crippen molar-refractivity contribution in [3.63, 3.8) is 0 Å². The summed E-state index contributed by atoms with van der Waals surface area (Å²) in [5, 5.41) is 0. The fraction of sp³-hybridized carbons (Fsp3) is 0.318. The second-order valence-corrected chi connectivity index (χ2v) is 6.99. The highest BCUT2D eigenvalue weighted by Crippen LogP contribution is 2.17. The Bertz CT molecular complexity index is 1070. The van der Waals surface area contributed by atoms with Crippen LogP contribution in [0.2, 0.25) is 0 Å². The first-order chi connectivity index (χ1) is 14.1. The highest BCUT2D eigenvalue weighted by molar-refractivity contribution is 5.89. The number of carbonyl (C=O) groups excluding carboxylic acids is 1. The second-order valence-electron chi connectivity index (χ2n) is 6.99. The molecular formula is C22H22N2O5. The fourth-order valence-electron chi connectivity index (χ4n) is 3.31. The minimum absolute atomic E-state index is 0.0736. The average Bonchev–Trinajstić information content (AvgIpc) is 3.24. The van der Waals surface area contributed by atoms with Crippen molar-refractivity contribution in [3.05, 3.63) is 75.8 Å². The maximum absolute atomic E-state index is 12.3. The predicted octanol–water partition coefficient (Wildman–Crippen LogP) is 2.92. The van der Waals surface area contributed by atoms with Gasteiger partial charge in [0.25, 0.3) is 5.56 Å². The summed E-state index contributed by atoms with van der Waals surface area (Å²) in [6.07, 6.45) is 2.22. The molecular weight excluding hydrogens is 372 g/mol. The maximum atomic E-state index is 12.3. The van der Waals surface area contributed by atoms with Crippen LogP contribution in [0.1, 0.15) is 34.6 Å². The minimum Gasteiger partial charge on any atom is -0.491 e. The van der Waals surface area contributed by atoms with E-state index in [1.54, 1.807) is 30.3 Å². The normalized spacial score (nSPS) is 16.1. The van der Waals surface area contributed by atoms with Gasteiger partial charge in [-0.1, -0.05) is 6.07 Å². The van der Waals surface area contributed by atoms with Crippen LogP contribution in [0.4, 0.5) is 0 Å². The third-order valence-electron chi connectivity index (χ3n) is 4.83. The molecule has 1 fully saturated rings. The summed E-state index contributed by atoms with van der Waals surface area (Å²) in [6.45, 7) is 3.06. The first-order valence-electron chi connectivity index (χ1n) is 9.60. The van der Waals surface area contributed by atoms with Crippen LogP contribution in [0.15, 0.2) is 53.3 Å². The number of carbonyl (C=O) groups is 1. The van der Waals surface area contributed by atoms with Gasteiger partial charge in [-0.05, 0) is 56.2 Å². The molecule has 1 aliphatic rings. The van der Waals surface area contributed by atoms with Gasteiger partial charge in [0.05, 0.1) is 17.4 Å². The molecule has 3 heterocycles. The fourth-order valence-corrected chi connectivity index (χ4v) is 3.31. The zero-order valence-corrected chi connectivity index (χ0v) is 16.2. The highest BCUT2D eigenvalue weighted by atomic mass is 16.5. The molecule has 0 radical (unpaired) electrons. The lowest BCUT2D eigenvalue weighted by molar-refractivity contribution is 0.0467. The summed E-state index contributed by atoms with van der Waals surface area (Å²) in [7, 11) is 0. The second kappa shape index (κ2) is 8.45. The van der Waals surface area contributed by atoms with Gasteiger partial charge in [-0.15, -0.1) is 0 Å². The first kappa shape index (κ1) is 19.1. The van der Waals surface area contributed by atoms with Gasteiger partial charge in [0.1, 0.15) is 24.6 Å². The van der Waals surface area contributed by atoms with Crippen molar-refractivity contribution in [2.75, 3.05) is 13.2 Å². The minimum atomic E-state index is -0.484. The highest BCUT2D eigenvalue weighted by Gasteiger charge is 2.16. The number of aryl methyl sites for hydroxylation is 1. The topological polar surface area (TPSA) is 79.1 Å². The Balaban J connectivity index is 1.37. The number of benzene rings is 1. The van der Waals surface area contributed by atoms with Crippen molar-refractivity contribution in [2.24, 2.45) is 0 Å². The van der Waals surface area contributed by atoms with Crippen molar-refractivity contribution in [1.29, 1.82) is 0 Å². The van der Waals surface area contributed by atoms with Crippen molar-refractivity contribution in [3.8, 4) is 5.75 Å². The summed E-state index contributed by atoms with van der Waals surface area (Å²) in [5.74, 6) is 0.193. The van der Waals surface area contributed by atoms with Crippen LogP contribution >= 0.6 is 0 Å². The zero-order chi connectivity index (χ0) is 20.2. The molecule has 0 N–H and O–H groups in total. The van der Waals surface area contributed by atoms with Crippen molar-refractivity contribution in [1.82, 2.24) is 9.38 Å². The lowest BCUT2D eigenvalue weighted by Crippen LogP contribution is -2.18. The van der Waals surface area contributed by atoms with Crippen molar-refractivity contribution < 1.29 is 19.0 Å². The van der Waals surface area contributed by atoms with E-state index < -0.39 is 5.97 Å². The molecule has 0 bridgehead atoms. The van der Waals surface area contributed by atoms with E-state index in [0.717, 1.165) is 25.1 Å². The number of fused-ring (bicyclic) bond motifs is 1. The molecule has 150 valence electrons. The molecule has 0 unspecified atom stereocenters. The molecule has 4 rings (SSSR count). The quantitative estimate of drug-likeness (QED) is 0.598. The van der Waals surface area contributed by atoms with Gasteiger partial charge in [-0.2, -0.15) is 0 Å². The number of ether oxygens (including phenoxy) is 3. The van der Waals surface area contributed by atoms with Crippen LogP contribution in [-0.4, -0.2) is 34.7 Å². The molecule has 0 saturated carbocycles. The Hall–Kier alpha value is -3.19. The number of nitrogens with zero attached hydrogens (tertiary/aromatic N) is 2. The summed E-state index contributed by atoms with van der Waals surface area (Å²) < 4.78 is 18.1. The Morgan fingerprint density at radius 3 is 2.83 bits per heavy atom. The monoisotopic (exact) mass is 394 g/mol. The third kappa shape index (κ3) is 4.46. The van der Waals surface area contributed by atoms with Crippen LogP contribution in [0, 0.1) is 6.92 Å². The predicted molar refractivity (Wildman–Crippen MR) is 106 cm³/mol. The summed E-state index contributed by atoms with van der Waals surface area (Å²) >= 11 is 0. The SMILES string of the molecule is Cc1cccc2nc(COC(=O)c3ccc(OC[C@H]4CCCO4)cc3)cc(=O)n12. The van der Waals surface area contributed by atoms with E-state index in [4.69, 9.17) is 14.2 Å². The molecule has 0 amide bonds.